The molecule has 0 radical (unpaired) electrons. The molecule has 0 amide bonds. The molecule has 0 spiro atoms. The van der Waals surface area contributed by atoms with Crippen LogP contribution in [0.3, 0.4) is 0 Å². The number of hydrogen-bond acceptors (Lipinski definition) is 1. The zero-order chi connectivity index (χ0) is 11.7. The predicted octanol–water partition coefficient (Wildman–Crippen LogP) is 3.45. The van der Waals surface area contributed by atoms with Gasteiger partial charge in [0.15, 0.2) is 0 Å². The quantitative estimate of drug-likeness (QED) is 0.846. The average molecular weight is 224 g/mol. The van der Waals surface area contributed by atoms with Gasteiger partial charge in [0.2, 0.25) is 0 Å². The van der Waals surface area contributed by atoms with Crippen molar-refractivity contribution >= 4 is 0 Å². The van der Waals surface area contributed by atoms with Crippen LogP contribution in [0, 0.1) is 5.92 Å². The third kappa shape index (κ3) is 2.11. The van der Waals surface area contributed by atoms with E-state index >= 15 is 0 Å². The summed E-state index contributed by atoms with van der Waals surface area (Å²) >= 11 is 0. The van der Waals surface area contributed by atoms with Crippen molar-refractivity contribution in [2.24, 2.45) is 5.92 Å². The van der Waals surface area contributed by atoms with Crippen molar-refractivity contribution in [2.45, 2.75) is 12.3 Å². The number of benzene rings is 2. The van der Waals surface area contributed by atoms with Crippen molar-refractivity contribution in [3.05, 3.63) is 60.2 Å². The predicted molar refractivity (Wildman–Crippen MR) is 69.8 cm³/mol. The standard InChI is InChI=1S/C16H16O/c17-11-15-10-16(15)14-8-6-13(7-9-14)12-4-2-1-3-5-12/h1-9,15-17H,10-11H2. The molecule has 1 aliphatic rings. The first-order valence-electron chi connectivity index (χ1n) is 6.15. The van der Waals surface area contributed by atoms with E-state index in [-0.39, 0.29) is 0 Å². The van der Waals surface area contributed by atoms with Gasteiger partial charge in [0.05, 0.1) is 0 Å². The normalized spacial score (nSPS) is 22.4. The van der Waals surface area contributed by atoms with E-state index in [1.807, 2.05) is 6.07 Å². The largest absolute Gasteiger partial charge is 0.396 e. The Labute approximate surface area is 102 Å². The van der Waals surface area contributed by atoms with Crippen molar-refractivity contribution < 1.29 is 5.11 Å². The van der Waals surface area contributed by atoms with Crippen molar-refractivity contribution in [2.75, 3.05) is 6.61 Å². The fraction of sp³-hybridized carbons (Fsp3) is 0.250. The second-order valence-electron chi connectivity index (χ2n) is 4.77. The van der Waals surface area contributed by atoms with E-state index in [1.165, 1.54) is 16.7 Å². The van der Waals surface area contributed by atoms with Crippen LogP contribution in [-0.4, -0.2) is 11.7 Å². The van der Waals surface area contributed by atoms with Gasteiger partial charge in [0.1, 0.15) is 0 Å². The number of aliphatic hydroxyl groups excluding tert-OH is 1. The molecule has 2 unspecified atom stereocenters. The van der Waals surface area contributed by atoms with Crippen LogP contribution in [0.5, 0.6) is 0 Å². The smallest absolute Gasteiger partial charge is 0.0465 e. The summed E-state index contributed by atoms with van der Waals surface area (Å²) in [6, 6.07) is 19.2. The monoisotopic (exact) mass is 224 g/mol. The van der Waals surface area contributed by atoms with Crippen LogP contribution in [0.15, 0.2) is 54.6 Å². The molecule has 0 bridgehead atoms. The minimum atomic E-state index is 0.325. The molecule has 1 saturated carbocycles. The molecule has 0 saturated heterocycles. The molecule has 2 aromatic rings. The second kappa shape index (κ2) is 4.34. The first kappa shape index (κ1) is 10.5. The van der Waals surface area contributed by atoms with E-state index in [1.54, 1.807) is 0 Å². The van der Waals surface area contributed by atoms with E-state index in [9.17, 15) is 0 Å². The van der Waals surface area contributed by atoms with Crippen molar-refractivity contribution in [1.29, 1.82) is 0 Å². The average Bonchev–Trinajstić information content (AvgIpc) is 3.19. The maximum absolute atomic E-state index is 9.07. The van der Waals surface area contributed by atoms with Crippen LogP contribution in [0.1, 0.15) is 17.9 Å². The van der Waals surface area contributed by atoms with E-state index in [0.29, 0.717) is 18.4 Å². The molecule has 1 aliphatic carbocycles. The summed E-state index contributed by atoms with van der Waals surface area (Å²) in [7, 11) is 0. The summed E-state index contributed by atoms with van der Waals surface area (Å²) in [5, 5.41) is 9.07. The highest BCUT2D eigenvalue weighted by molar-refractivity contribution is 5.63. The molecule has 1 heteroatoms. The Bertz CT molecular complexity index is 487. The Hall–Kier alpha value is -1.60. The SMILES string of the molecule is OCC1CC1c1ccc(-c2ccccc2)cc1. The third-order valence-corrected chi connectivity index (χ3v) is 3.60. The van der Waals surface area contributed by atoms with Crippen LogP contribution in [0.25, 0.3) is 11.1 Å². The molecule has 17 heavy (non-hydrogen) atoms. The minimum Gasteiger partial charge on any atom is -0.396 e. The lowest BCUT2D eigenvalue weighted by Gasteiger charge is -2.03. The molecule has 1 N–H and O–H groups in total. The van der Waals surface area contributed by atoms with Crippen LogP contribution >= 0.6 is 0 Å². The van der Waals surface area contributed by atoms with Crippen LogP contribution in [0.4, 0.5) is 0 Å². The summed E-state index contributed by atoms with van der Waals surface area (Å²) in [5.74, 6) is 1.09. The number of aliphatic hydroxyl groups is 1. The van der Waals surface area contributed by atoms with Crippen LogP contribution in [-0.2, 0) is 0 Å². The fourth-order valence-corrected chi connectivity index (χ4v) is 2.41. The summed E-state index contributed by atoms with van der Waals surface area (Å²) in [6.45, 7) is 0.325. The molecule has 1 nitrogen and oxygen atoms in total. The lowest BCUT2D eigenvalue weighted by atomic mass is 10.0. The summed E-state index contributed by atoms with van der Waals surface area (Å²) in [5.41, 5.74) is 3.88. The lowest BCUT2D eigenvalue weighted by Crippen LogP contribution is -1.88. The van der Waals surface area contributed by atoms with Crippen molar-refractivity contribution in [3.63, 3.8) is 0 Å². The summed E-state index contributed by atoms with van der Waals surface area (Å²) < 4.78 is 0. The zero-order valence-electron chi connectivity index (χ0n) is 9.71. The zero-order valence-corrected chi connectivity index (χ0v) is 9.71. The highest BCUT2D eigenvalue weighted by atomic mass is 16.3. The van der Waals surface area contributed by atoms with Gasteiger partial charge in [-0.3, -0.25) is 0 Å². The van der Waals surface area contributed by atoms with E-state index < -0.39 is 0 Å². The molecule has 2 atom stereocenters. The Balaban J connectivity index is 1.82. The van der Waals surface area contributed by atoms with Gasteiger partial charge in [-0.1, -0.05) is 54.6 Å². The van der Waals surface area contributed by atoms with Gasteiger partial charge in [0.25, 0.3) is 0 Å². The Morgan fingerprint density at radius 1 is 0.882 bits per heavy atom. The molecule has 0 aromatic heterocycles. The fourth-order valence-electron chi connectivity index (χ4n) is 2.41. The van der Waals surface area contributed by atoms with E-state index in [4.69, 9.17) is 5.11 Å². The molecule has 0 aliphatic heterocycles. The van der Waals surface area contributed by atoms with Crippen molar-refractivity contribution in [1.82, 2.24) is 0 Å². The molecular weight excluding hydrogens is 208 g/mol. The Kier molecular flexibility index (Phi) is 2.69. The van der Waals surface area contributed by atoms with Gasteiger partial charge < -0.3 is 5.11 Å². The molecule has 1 fully saturated rings. The van der Waals surface area contributed by atoms with Crippen LogP contribution < -0.4 is 0 Å². The Morgan fingerprint density at radius 3 is 2.12 bits per heavy atom. The molecule has 2 aromatic carbocycles. The van der Waals surface area contributed by atoms with Gasteiger partial charge in [-0.15, -0.1) is 0 Å². The minimum absolute atomic E-state index is 0.325. The topological polar surface area (TPSA) is 20.2 Å². The molecule has 3 rings (SSSR count). The van der Waals surface area contributed by atoms with Gasteiger partial charge in [-0.05, 0) is 34.9 Å². The first-order chi connectivity index (χ1) is 8.38. The van der Waals surface area contributed by atoms with Gasteiger partial charge in [0, 0.05) is 6.61 Å². The van der Waals surface area contributed by atoms with Crippen molar-refractivity contribution in [3.8, 4) is 11.1 Å². The maximum Gasteiger partial charge on any atom is 0.0465 e. The van der Waals surface area contributed by atoms with Gasteiger partial charge in [-0.2, -0.15) is 0 Å². The molecule has 86 valence electrons. The summed E-state index contributed by atoms with van der Waals surface area (Å²) in [6.07, 6.45) is 1.14. The van der Waals surface area contributed by atoms with Gasteiger partial charge in [-0.25, -0.2) is 0 Å². The third-order valence-electron chi connectivity index (χ3n) is 3.60. The molecular formula is C16H16O. The lowest BCUT2D eigenvalue weighted by molar-refractivity contribution is 0.274. The maximum atomic E-state index is 9.07. The van der Waals surface area contributed by atoms with Crippen LogP contribution in [0.2, 0.25) is 0 Å². The van der Waals surface area contributed by atoms with E-state index in [0.717, 1.165) is 6.42 Å². The first-order valence-corrected chi connectivity index (χ1v) is 6.15. The Morgan fingerprint density at radius 2 is 1.53 bits per heavy atom. The second-order valence-corrected chi connectivity index (χ2v) is 4.77. The highest BCUT2D eigenvalue weighted by Crippen LogP contribution is 2.47. The van der Waals surface area contributed by atoms with Gasteiger partial charge >= 0.3 is 0 Å². The highest BCUT2D eigenvalue weighted by Gasteiger charge is 2.37. The van der Waals surface area contributed by atoms with E-state index in [2.05, 4.69) is 48.5 Å². The summed E-state index contributed by atoms with van der Waals surface area (Å²) in [4.78, 5) is 0. The number of rotatable bonds is 3. The number of hydrogen-bond donors (Lipinski definition) is 1. The molecule has 0 heterocycles.